The van der Waals surface area contributed by atoms with Crippen molar-refractivity contribution in [2.24, 2.45) is 0 Å². The van der Waals surface area contributed by atoms with E-state index in [4.69, 9.17) is 10.00 Å². The Morgan fingerprint density at radius 2 is 1.89 bits per heavy atom. The molecular formula is C15H16N2O. The molecule has 0 radical (unpaired) electrons. The fourth-order valence-electron chi connectivity index (χ4n) is 2.07. The molecule has 1 aromatic heterocycles. The van der Waals surface area contributed by atoms with Gasteiger partial charge in [0.2, 0.25) is 0 Å². The summed E-state index contributed by atoms with van der Waals surface area (Å²) in [6.07, 6.45) is 0. The first-order valence-electron chi connectivity index (χ1n) is 5.85. The van der Waals surface area contributed by atoms with Crippen molar-refractivity contribution in [2.75, 3.05) is 7.11 Å². The van der Waals surface area contributed by atoms with Crippen LogP contribution in [0.15, 0.2) is 30.3 Å². The molecule has 2 rings (SSSR count). The molecule has 1 aromatic carbocycles. The van der Waals surface area contributed by atoms with E-state index >= 15 is 0 Å². The predicted octanol–water partition coefficient (Wildman–Crippen LogP) is 3.03. The van der Waals surface area contributed by atoms with E-state index in [1.165, 1.54) is 5.56 Å². The Morgan fingerprint density at radius 3 is 2.39 bits per heavy atom. The van der Waals surface area contributed by atoms with Crippen LogP contribution in [0.2, 0.25) is 0 Å². The fraction of sp³-hybridized carbons (Fsp3) is 0.267. The van der Waals surface area contributed by atoms with Gasteiger partial charge in [-0.15, -0.1) is 0 Å². The number of aryl methyl sites for hydroxylation is 1. The molecule has 0 aliphatic rings. The van der Waals surface area contributed by atoms with Crippen LogP contribution in [0.3, 0.4) is 0 Å². The van der Waals surface area contributed by atoms with Gasteiger partial charge in [-0.3, -0.25) is 0 Å². The van der Waals surface area contributed by atoms with Crippen molar-refractivity contribution in [1.82, 2.24) is 4.57 Å². The minimum atomic E-state index is 0.751. The summed E-state index contributed by atoms with van der Waals surface area (Å²) in [5.41, 5.74) is 4.08. The molecule has 0 aliphatic carbocycles. The fourth-order valence-corrected chi connectivity index (χ4v) is 2.07. The minimum Gasteiger partial charge on any atom is -0.497 e. The van der Waals surface area contributed by atoms with E-state index in [9.17, 15) is 0 Å². The first kappa shape index (κ1) is 12.3. The molecule has 0 N–H and O–H groups in total. The van der Waals surface area contributed by atoms with E-state index in [1.807, 2.05) is 44.2 Å². The van der Waals surface area contributed by atoms with E-state index in [0.29, 0.717) is 0 Å². The Bertz CT molecular complexity index is 588. The first-order chi connectivity index (χ1) is 8.65. The molecule has 0 bridgehead atoms. The summed E-state index contributed by atoms with van der Waals surface area (Å²) >= 11 is 0. The van der Waals surface area contributed by atoms with Crippen LogP contribution >= 0.6 is 0 Å². The Kier molecular flexibility index (Phi) is 3.38. The number of nitrogens with zero attached hydrogens (tertiary/aromatic N) is 2. The summed E-state index contributed by atoms with van der Waals surface area (Å²) in [7, 11) is 1.66. The molecule has 0 aliphatic heterocycles. The molecule has 1 heterocycles. The molecule has 0 saturated heterocycles. The third-order valence-corrected chi connectivity index (χ3v) is 3.19. The second-order valence-corrected chi connectivity index (χ2v) is 4.33. The number of ether oxygens (including phenoxy) is 1. The number of hydrogen-bond acceptors (Lipinski definition) is 2. The van der Waals surface area contributed by atoms with E-state index in [2.05, 4.69) is 10.6 Å². The Balaban J connectivity index is 2.28. The van der Waals surface area contributed by atoms with Gasteiger partial charge in [0.15, 0.2) is 0 Å². The largest absolute Gasteiger partial charge is 0.497 e. The lowest BCUT2D eigenvalue weighted by Crippen LogP contribution is -2.03. The molecular weight excluding hydrogens is 224 g/mol. The molecule has 3 heteroatoms. The van der Waals surface area contributed by atoms with Crippen LogP contribution in [0.5, 0.6) is 5.75 Å². The first-order valence-corrected chi connectivity index (χ1v) is 5.85. The van der Waals surface area contributed by atoms with Gasteiger partial charge in [0.1, 0.15) is 11.8 Å². The van der Waals surface area contributed by atoms with Crippen LogP contribution < -0.4 is 4.74 Å². The maximum absolute atomic E-state index is 9.01. The van der Waals surface area contributed by atoms with Gasteiger partial charge in [0.25, 0.3) is 0 Å². The highest BCUT2D eigenvalue weighted by molar-refractivity contribution is 5.38. The van der Waals surface area contributed by atoms with Crippen molar-refractivity contribution in [1.29, 1.82) is 5.26 Å². The minimum absolute atomic E-state index is 0.751. The maximum atomic E-state index is 9.01. The smallest absolute Gasteiger partial charge is 0.118 e. The monoisotopic (exact) mass is 240 g/mol. The van der Waals surface area contributed by atoms with Crippen LogP contribution in [0.4, 0.5) is 0 Å². The van der Waals surface area contributed by atoms with E-state index in [0.717, 1.165) is 29.2 Å². The normalized spacial score (nSPS) is 10.1. The molecule has 0 atom stereocenters. The van der Waals surface area contributed by atoms with E-state index in [-0.39, 0.29) is 0 Å². The van der Waals surface area contributed by atoms with Gasteiger partial charge >= 0.3 is 0 Å². The quantitative estimate of drug-likeness (QED) is 0.827. The van der Waals surface area contributed by atoms with Gasteiger partial charge in [-0.1, -0.05) is 12.1 Å². The zero-order chi connectivity index (χ0) is 13.1. The molecule has 0 spiro atoms. The number of methoxy groups -OCH3 is 1. The van der Waals surface area contributed by atoms with Crippen LogP contribution in [0.1, 0.15) is 22.5 Å². The van der Waals surface area contributed by atoms with Gasteiger partial charge < -0.3 is 9.30 Å². The Morgan fingerprint density at radius 1 is 1.22 bits per heavy atom. The SMILES string of the molecule is COc1ccc(Cn2c(C)cc(C#N)c2C)cc1. The Hall–Kier alpha value is -2.21. The lowest BCUT2D eigenvalue weighted by Gasteiger charge is -2.10. The molecule has 2 aromatic rings. The molecule has 3 nitrogen and oxygen atoms in total. The van der Waals surface area contributed by atoms with Crippen LogP contribution in [-0.2, 0) is 6.54 Å². The average molecular weight is 240 g/mol. The summed E-state index contributed by atoms with van der Waals surface area (Å²) in [5.74, 6) is 0.859. The van der Waals surface area contributed by atoms with E-state index in [1.54, 1.807) is 7.11 Å². The molecule has 0 fully saturated rings. The molecule has 18 heavy (non-hydrogen) atoms. The zero-order valence-corrected chi connectivity index (χ0v) is 10.9. The van der Waals surface area contributed by atoms with Gasteiger partial charge in [-0.2, -0.15) is 5.26 Å². The van der Waals surface area contributed by atoms with Crippen LogP contribution in [0.25, 0.3) is 0 Å². The van der Waals surface area contributed by atoms with Gasteiger partial charge in [0.05, 0.1) is 12.7 Å². The predicted molar refractivity (Wildman–Crippen MR) is 70.7 cm³/mol. The molecule has 0 saturated carbocycles. The van der Waals surface area contributed by atoms with Gasteiger partial charge in [-0.25, -0.2) is 0 Å². The lowest BCUT2D eigenvalue weighted by atomic mass is 10.2. The van der Waals surface area contributed by atoms with Crippen molar-refractivity contribution in [3.8, 4) is 11.8 Å². The summed E-state index contributed by atoms with van der Waals surface area (Å²) in [4.78, 5) is 0. The highest BCUT2D eigenvalue weighted by Gasteiger charge is 2.08. The number of aromatic nitrogens is 1. The summed E-state index contributed by atoms with van der Waals surface area (Å²) < 4.78 is 7.29. The molecule has 0 amide bonds. The van der Waals surface area contributed by atoms with Gasteiger partial charge in [0, 0.05) is 17.9 Å². The zero-order valence-electron chi connectivity index (χ0n) is 10.9. The third kappa shape index (κ3) is 2.23. The van der Waals surface area contributed by atoms with E-state index < -0.39 is 0 Å². The van der Waals surface area contributed by atoms with Crippen molar-refractivity contribution in [3.63, 3.8) is 0 Å². The number of hydrogen-bond donors (Lipinski definition) is 0. The molecule has 0 unspecified atom stereocenters. The number of benzene rings is 1. The van der Waals surface area contributed by atoms with Crippen molar-refractivity contribution < 1.29 is 4.74 Å². The summed E-state index contributed by atoms with van der Waals surface area (Å²) in [6.45, 7) is 4.79. The van der Waals surface area contributed by atoms with Crippen molar-refractivity contribution in [3.05, 3.63) is 52.8 Å². The second-order valence-electron chi connectivity index (χ2n) is 4.33. The third-order valence-electron chi connectivity index (χ3n) is 3.19. The van der Waals surface area contributed by atoms with Crippen molar-refractivity contribution in [2.45, 2.75) is 20.4 Å². The van der Waals surface area contributed by atoms with Crippen molar-refractivity contribution >= 4 is 0 Å². The Labute approximate surface area is 107 Å². The topological polar surface area (TPSA) is 38.0 Å². The average Bonchev–Trinajstić information content (AvgIpc) is 2.67. The highest BCUT2D eigenvalue weighted by atomic mass is 16.5. The second kappa shape index (κ2) is 4.97. The highest BCUT2D eigenvalue weighted by Crippen LogP contribution is 2.18. The number of rotatable bonds is 3. The van der Waals surface area contributed by atoms with Crippen LogP contribution in [0, 0.1) is 25.2 Å². The standard InChI is InChI=1S/C15H16N2O/c1-11-8-14(9-16)12(2)17(11)10-13-4-6-15(18-3)7-5-13/h4-8H,10H2,1-3H3. The molecule has 92 valence electrons. The number of nitriles is 1. The maximum Gasteiger partial charge on any atom is 0.118 e. The summed E-state index contributed by atoms with van der Waals surface area (Å²) in [5, 5.41) is 9.01. The lowest BCUT2D eigenvalue weighted by molar-refractivity contribution is 0.414. The van der Waals surface area contributed by atoms with Crippen LogP contribution in [-0.4, -0.2) is 11.7 Å². The summed E-state index contributed by atoms with van der Waals surface area (Å²) in [6, 6.07) is 12.1. The van der Waals surface area contributed by atoms with Gasteiger partial charge in [-0.05, 0) is 37.6 Å².